The van der Waals surface area contributed by atoms with Crippen molar-refractivity contribution >= 4 is 13.3 Å². The van der Waals surface area contributed by atoms with Crippen LogP contribution in [0.2, 0.25) is 19.6 Å². The van der Waals surface area contributed by atoms with E-state index in [1.165, 1.54) is 22.0 Å². The van der Waals surface area contributed by atoms with Gasteiger partial charge in [-0.25, -0.2) is 0 Å². The molecule has 3 nitrogen and oxygen atoms in total. The van der Waals surface area contributed by atoms with Crippen LogP contribution in [0.25, 0.3) is 28.1 Å². The van der Waals surface area contributed by atoms with E-state index in [0.29, 0.717) is 0 Å². The molecule has 0 spiro atoms. The van der Waals surface area contributed by atoms with Gasteiger partial charge in [-0.3, -0.25) is 4.68 Å². The van der Waals surface area contributed by atoms with Crippen molar-refractivity contribution < 1.29 is 20.1 Å². The van der Waals surface area contributed by atoms with Gasteiger partial charge in [0.15, 0.2) is 0 Å². The number of para-hydroxylation sites is 1. The first-order valence-electron chi connectivity index (χ1n) is 13.1. The average molecular weight is 708 g/mol. The molecule has 3 aromatic carbocycles. The topological polar surface area (TPSA) is 30.7 Å². The fourth-order valence-electron chi connectivity index (χ4n) is 4.18. The van der Waals surface area contributed by atoms with Gasteiger partial charge in [-0.1, -0.05) is 82.9 Å². The maximum Gasteiger partial charge on any atom is 0.0795 e. The van der Waals surface area contributed by atoms with Crippen LogP contribution in [-0.4, -0.2) is 22.8 Å². The largest absolute Gasteiger partial charge is 0.305 e. The number of rotatable bonds is 5. The Morgan fingerprint density at radius 3 is 1.97 bits per heavy atom. The van der Waals surface area contributed by atoms with Crippen molar-refractivity contribution in [3.8, 4) is 28.1 Å². The molecular formula is C34H37IrN3Si-2. The Kier molecular flexibility index (Phi) is 10.4. The molecule has 2 aromatic heterocycles. The molecule has 5 heteroatoms. The molecule has 0 fully saturated rings. The fraction of sp³-hybridized carbons (Fsp3) is 0.235. The molecule has 39 heavy (non-hydrogen) atoms. The smallest absolute Gasteiger partial charge is 0.0795 e. The molecule has 0 saturated carbocycles. The first-order chi connectivity index (χ1) is 18.1. The summed E-state index contributed by atoms with van der Waals surface area (Å²) in [5, 5.41) is 6.03. The Labute approximate surface area is 248 Å². The molecule has 5 aromatic rings. The summed E-state index contributed by atoms with van der Waals surface area (Å²) in [7, 11) is -1.23. The van der Waals surface area contributed by atoms with Crippen LogP contribution in [-0.2, 0) is 26.5 Å². The zero-order chi connectivity index (χ0) is 27.2. The SMILES string of the molecule is CC(C)(C)Cc1c(-c2ccccc2)cnn1-c1[c-]cccc1.C[Si](C)(C)c1ccc(-c2[c-]cccc2)nc1.[Ir]. The number of benzene rings is 3. The van der Waals surface area contributed by atoms with Crippen LogP contribution in [0, 0.1) is 17.5 Å². The maximum absolute atomic E-state index is 4.63. The van der Waals surface area contributed by atoms with Gasteiger partial charge in [0.05, 0.1) is 20.0 Å². The van der Waals surface area contributed by atoms with Gasteiger partial charge in [0.25, 0.3) is 0 Å². The third-order valence-electron chi connectivity index (χ3n) is 6.19. The Balaban J connectivity index is 0.000000220. The number of nitrogens with zero attached hydrogens (tertiary/aromatic N) is 3. The molecule has 0 aliphatic heterocycles. The van der Waals surface area contributed by atoms with Crippen LogP contribution in [0.15, 0.2) is 103 Å². The molecule has 203 valence electrons. The Morgan fingerprint density at radius 2 is 1.44 bits per heavy atom. The molecule has 0 bridgehead atoms. The van der Waals surface area contributed by atoms with E-state index in [2.05, 4.69) is 99.0 Å². The van der Waals surface area contributed by atoms with E-state index in [4.69, 9.17) is 0 Å². The van der Waals surface area contributed by atoms with Crippen molar-refractivity contribution in [1.82, 2.24) is 14.8 Å². The maximum atomic E-state index is 4.63. The minimum atomic E-state index is -1.23. The average Bonchev–Trinajstić information content (AvgIpc) is 3.32. The zero-order valence-corrected chi connectivity index (χ0v) is 27.1. The van der Waals surface area contributed by atoms with Gasteiger partial charge in [0.2, 0.25) is 0 Å². The van der Waals surface area contributed by atoms with Crippen molar-refractivity contribution in [3.05, 3.63) is 121 Å². The van der Waals surface area contributed by atoms with Gasteiger partial charge in [-0.15, -0.1) is 42.0 Å². The second-order valence-corrected chi connectivity index (χ2v) is 16.8. The van der Waals surface area contributed by atoms with E-state index < -0.39 is 8.07 Å². The second-order valence-electron chi connectivity index (χ2n) is 11.7. The van der Waals surface area contributed by atoms with Gasteiger partial charge in [0.1, 0.15) is 0 Å². The Bertz CT molecular complexity index is 1360. The van der Waals surface area contributed by atoms with Crippen LogP contribution >= 0.6 is 0 Å². The quantitative estimate of drug-likeness (QED) is 0.137. The minimum absolute atomic E-state index is 0. The van der Waals surface area contributed by atoms with E-state index >= 15 is 0 Å². The molecule has 0 aliphatic carbocycles. The van der Waals surface area contributed by atoms with Crippen LogP contribution in [0.5, 0.6) is 0 Å². The number of hydrogen-bond acceptors (Lipinski definition) is 2. The number of aromatic nitrogens is 3. The molecule has 0 aliphatic rings. The van der Waals surface area contributed by atoms with E-state index in [1.807, 2.05) is 71.7 Å². The minimum Gasteiger partial charge on any atom is -0.305 e. The third-order valence-corrected chi connectivity index (χ3v) is 8.21. The van der Waals surface area contributed by atoms with Crippen molar-refractivity contribution in [2.45, 2.75) is 46.8 Å². The summed E-state index contributed by atoms with van der Waals surface area (Å²) < 4.78 is 2.02. The normalized spacial score (nSPS) is 11.2. The van der Waals surface area contributed by atoms with E-state index in [9.17, 15) is 0 Å². The van der Waals surface area contributed by atoms with Gasteiger partial charge in [0, 0.05) is 31.9 Å². The third kappa shape index (κ3) is 8.43. The predicted molar refractivity (Wildman–Crippen MR) is 162 cm³/mol. The van der Waals surface area contributed by atoms with Crippen molar-refractivity contribution in [3.63, 3.8) is 0 Å². The van der Waals surface area contributed by atoms with Gasteiger partial charge >= 0.3 is 0 Å². The number of hydrogen-bond donors (Lipinski definition) is 0. The van der Waals surface area contributed by atoms with Gasteiger partial charge in [-0.2, -0.15) is 29.4 Å². The molecule has 5 rings (SSSR count). The van der Waals surface area contributed by atoms with Gasteiger partial charge in [-0.05, 0) is 34.0 Å². The molecule has 0 saturated heterocycles. The standard InChI is InChI=1S/C20H21N2.C14H16NSi.Ir/c1-20(2,3)14-19-18(16-10-6-4-7-11-16)15-21-22(19)17-12-8-5-9-13-17;1-16(2,3)13-9-10-14(15-11-13)12-7-5-4-6-8-12;/h4-12,15H,14H2,1-3H3;4-7,9-11H,1-3H3;/q2*-1;. The summed E-state index contributed by atoms with van der Waals surface area (Å²) in [5.74, 6) is 0. The van der Waals surface area contributed by atoms with Crippen LogP contribution in [0.1, 0.15) is 26.5 Å². The molecular weight excluding hydrogens is 671 g/mol. The van der Waals surface area contributed by atoms with E-state index in [1.54, 1.807) is 0 Å². The predicted octanol–water partition coefficient (Wildman–Crippen LogP) is 8.02. The Morgan fingerprint density at radius 1 is 0.769 bits per heavy atom. The monoisotopic (exact) mass is 708 g/mol. The second kappa shape index (κ2) is 13.3. The molecule has 0 unspecified atom stereocenters. The Hall–Kier alpha value is -3.11. The molecule has 0 amide bonds. The molecule has 2 heterocycles. The van der Waals surface area contributed by atoms with E-state index in [-0.39, 0.29) is 25.5 Å². The summed E-state index contributed by atoms with van der Waals surface area (Å²) in [4.78, 5) is 4.52. The van der Waals surface area contributed by atoms with Crippen LogP contribution in [0.4, 0.5) is 0 Å². The first kappa shape index (κ1) is 30.4. The first-order valence-corrected chi connectivity index (χ1v) is 16.6. The molecule has 0 N–H and O–H groups in total. The summed E-state index contributed by atoms with van der Waals surface area (Å²) in [6, 6.07) is 37.2. The van der Waals surface area contributed by atoms with Crippen molar-refractivity contribution in [2.75, 3.05) is 0 Å². The van der Waals surface area contributed by atoms with Gasteiger partial charge < -0.3 is 4.98 Å². The summed E-state index contributed by atoms with van der Waals surface area (Å²) in [6.07, 6.45) is 4.94. The number of pyridine rings is 1. The van der Waals surface area contributed by atoms with Crippen molar-refractivity contribution in [2.24, 2.45) is 5.41 Å². The fourth-order valence-corrected chi connectivity index (χ4v) is 5.21. The molecule has 1 radical (unpaired) electrons. The van der Waals surface area contributed by atoms with E-state index in [0.717, 1.165) is 23.4 Å². The van der Waals surface area contributed by atoms with Crippen LogP contribution in [0.3, 0.4) is 0 Å². The van der Waals surface area contributed by atoms with Crippen molar-refractivity contribution in [1.29, 1.82) is 0 Å². The van der Waals surface area contributed by atoms with Crippen LogP contribution < -0.4 is 5.19 Å². The summed E-state index contributed by atoms with van der Waals surface area (Å²) in [6.45, 7) is 13.8. The summed E-state index contributed by atoms with van der Waals surface area (Å²) >= 11 is 0. The zero-order valence-electron chi connectivity index (χ0n) is 23.7. The summed E-state index contributed by atoms with van der Waals surface area (Å²) in [5.41, 5.74) is 6.89. The molecule has 0 atom stereocenters.